The third-order valence-corrected chi connectivity index (χ3v) is 5.30. The Balaban J connectivity index is 1.39. The third kappa shape index (κ3) is 11.4. The number of amides is 2. The second kappa shape index (κ2) is 15.7. The molecule has 2 aromatic rings. The van der Waals surface area contributed by atoms with Crippen LogP contribution < -0.4 is 20.1 Å². The van der Waals surface area contributed by atoms with Gasteiger partial charge in [-0.3, -0.25) is 9.59 Å². The lowest BCUT2D eigenvalue weighted by atomic mass is 10.1. The van der Waals surface area contributed by atoms with Gasteiger partial charge in [0.15, 0.2) is 12.2 Å². The molecule has 0 aliphatic carbocycles. The quantitative estimate of drug-likeness (QED) is 0.354. The van der Waals surface area contributed by atoms with E-state index >= 15 is 0 Å². The van der Waals surface area contributed by atoms with Crippen LogP contribution in [0.4, 0.5) is 0 Å². The van der Waals surface area contributed by atoms with Crippen molar-refractivity contribution in [3.05, 3.63) is 60.7 Å². The van der Waals surface area contributed by atoms with Crippen LogP contribution in [0.2, 0.25) is 0 Å². The maximum atomic E-state index is 12.1. The smallest absolute Gasteiger partial charge is 0.260 e. The second-order valence-corrected chi connectivity index (χ2v) is 8.20. The molecule has 0 saturated carbocycles. The van der Waals surface area contributed by atoms with Crippen LogP contribution in [0.25, 0.3) is 0 Å². The average Bonchev–Trinajstić information content (AvgIpc) is 2.83. The summed E-state index contributed by atoms with van der Waals surface area (Å²) in [5, 5.41) is 5.88. The van der Waals surface area contributed by atoms with Crippen molar-refractivity contribution in [2.24, 2.45) is 0 Å². The predicted octanol–water partition coefficient (Wildman–Crippen LogP) is 4.88. The predicted molar refractivity (Wildman–Crippen MR) is 131 cm³/mol. The summed E-state index contributed by atoms with van der Waals surface area (Å²) in [5.41, 5.74) is 0. The van der Waals surface area contributed by atoms with E-state index in [1.807, 2.05) is 60.7 Å². The van der Waals surface area contributed by atoms with E-state index in [9.17, 15) is 9.59 Å². The number of benzene rings is 2. The number of rotatable bonds is 16. The minimum absolute atomic E-state index is 0.0793. The first-order chi connectivity index (χ1) is 16.1. The lowest BCUT2D eigenvalue weighted by Crippen LogP contribution is -2.36. The van der Waals surface area contributed by atoms with Gasteiger partial charge in [0.05, 0.1) is 0 Å². The monoisotopic (exact) mass is 454 g/mol. The second-order valence-electron chi connectivity index (χ2n) is 8.20. The molecule has 0 aliphatic heterocycles. The average molecular weight is 455 g/mol. The highest BCUT2D eigenvalue weighted by Gasteiger charge is 2.14. The normalized spacial score (nSPS) is 12.4. The molecule has 0 saturated heterocycles. The fourth-order valence-electron chi connectivity index (χ4n) is 3.36. The Morgan fingerprint density at radius 2 is 0.939 bits per heavy atom. The summed E-state index contributed by atoms with van der Waals surface area (Å²) in [4.78, 5) is 24.2. The van der Waals surface area contributed by atoms with Gasteiger partial charge in [-0.2, -0.15) is 0 Å². The molecule has 0 spiro atoms. The van der Waals surface area contributed by atoms with Gasteiger partial charge in [0.1, 0.15) is 11.5 Å². The summed E-state index contributed by atoms with van der Waals surface area (Å²) in [7, 11) is 0. The van der Waals surface area contributed by atoms with Crippen molar-refractivity contribution in [2.75, 3.05) is 13.1 Å². The highest BCUT2D eigenvalue weighted by atomic mass is 16.5. The fourth-order valence-corrected chi connectivity index (χ4v) is 3.36. The zero-order chi connectivity index (χ0) is 23.7. The summed E-state index contributed by atoms with van der Waals surface area (Å²) >= 11 is 0. The molecule has 0 heterocycles. The number of hydrogen-bond donors (Lipinski definition) is 2. The molecule has 2 aromatic carbocycles. The molecule has 2 atom stereocenters. The van der Waals surface area contributed by atoms with Crippen molar-refractivity contribution in [2.45, 2.75) is 71.0 Å². The van der Waals surface area contributed by atoms with Crippen molar-refractivity contribution in [1.82, 2.24) is 10.6 Å². The largest absolute Gasteiger partial charge is 0.481 e. The zero-order valence-electron chi connectivity index (χ0n) is 19.9. The number of para-hydroxylation sites is 2. The summed E-state index contributed by atoms with van der Waals surface area (Å²) in [6.07, 6.45) is 6.61. The molecule has 0 fully saturated rings. The summed E-state index contributed by atoms with van der Waals surface area (Å²) in [6, 6.07) is 18.8. The van der Waals surface area contributed by atoms with Crippen LogP contribution in [0.3, 0.4) is 0 Å². The molecule has 0 aliphatic rings. The van der Waals surface area contributed by atoms with E-state index in [-0.39, 0.29) is 11.8 Å². The first-order valence-electron chi connectivity index (χ1n) is 12.0. The van der Waals surface area contributed by atoms with Gasteiger partial charge in [0, 0.05) is 13.1 Å². The van der Waals surface area contributed by atoms with Crippen molar-refractivity contribution < 1.29 is 19.1 Å². The SMILES string of the molecule is C[C@@H](Oc1ccccc1)C(=O)NCCCCCCCCCNC(=O)[C@@H](C)Oc1ccccc1. The van der Waals surface area contributed by atoms with Crippen LogP contribution in [-0.4, -0.2) is 37.1 Å². The van der Waals surface area contributed by atoms with Crippen molar-refractivity contribution in [1.29, 1.82) is 0 Å². The molecule has 6 nitrogen and oxygen atoms in total. The molecule has 0 unspecified atom stereocenters. The van der Waals surface area contributed by atoms with Crippen molar-refractivity contribution in [3.8, 4) is 11.5 Å². The number of carbonyl (C=O) groups excluding carboxylic acids is 2. The standard InChI is InChI=1S/C27H38N2O4/c1-22(32-24-16-10-8-11-17-24)26(30)28-20-14-6-4-3-5-7-15-21-29-27(31)23(2)33-25-18-12-9-13-19-25/h8-13,16-19,22-23H,3-7,14-15,20-21H2,1-2H3,(H,28,30)(H,29,31)/t22-,23-/m1/s1. The van der Waals surface area contributed by atoms with Crippen LogP contribution in [0.15, 0.2) is 60.7 Å². The lowest BCUT2D eigenvalue weighted by molar-refractivity contribution is -0.127. The topological polar surface area (TPSA) is 76.7 Å². The number of hydrogen-bond acceptors (Lipinski definition) is 4. The van der Waals surface area contributed by atoms with E-state index in [1.165, 1.54) is 6.42 Å². The maximum absolute atomic E-state index is 12.1. The molecule has 6 heteroatoms. The van der Waals surface area contributed by atoms with E-state index in [0.29, 0.717) is 24.6 Å². The Bertz CT molecular complexity index is 731. The molecular weight excluding hydrogens is 416 g/mol. The molecule has 0 radical (unpaired) electrons. The van der Waals surface area contributed by atoms with Gasteiger partial charge < -0.3 is 20.1 Å². The van der Waals surface area contributed by atoms with Gasteiger partial charge in [0.2, 0.25) is 0 Å². The minimum Gasteiger partial charge on any atom is -0.481 e. The highest BCUT2D eigenvalue weighted by molar-refractivity contribution is 5.81. The van der Waals surface area contributed by atoms with Gasteiger partial charge in [0.25, 0.3) is 11.8 Å². The van der Waals surface area contributed by atoms with E-state index in [2.05, 4.69) is 10.6 Å². The Hall–Kier alpha value is -3.02. The number of carbonyl (C=O) groups is 2. The molecule has 2 amide bonds. The molecule has 33 heavy (non-hydrogen) atoms. The highest BCUT2D eigenvalue weighted by Crippen LogP contribution is 2.12. The first kappa shape index (κ1) is 26.2. The summed E-state index contributed by atoms with van der Waals surface area (Å²) in [5.74, 6) is 1.25. The van der Waals surface area contributed by atoms with Gasteiger partial charge in [-0.05, 0) is 51.0 Å². The van der Waals surface area contributed by atoms with Gasteiger partial charge in [-0.1, -0.05) is 68.5 Å². The molecule has 0 aromatic heterocycles. The Kier molecular flexibility index (Phi) is 12.5. The van der Waals surface area contributed by atoms with Crippen LogP contribution in [0.1, 0.15) is 58.8 Å². The van der Waals surface area contributed by atoms with Crippen LogP contribution >= 0.6 is 0 Å². The van der Waals surface area contributed by atoms with Crippen LogP contribution in [0.5, 0.6) is 11.5 Å². The zero-order valence-corrected chi connectivity index (χ0v) is 19.9. The molecule has 2 N–H and O–H groups in total. The van der Waals surface area contributed by atoms with Gasteiger partial charge in [-0.25, -0.2) is 0 Å². The number of unbranched alkanes of at least 4 members (excludes halogenated alkanes) is 6. The molecule has 180 valence electrons. The van der Waals surface area contributed by atoms with E-state index in [0.717, 1.165) is 38.5 Å². The Morgan fingerprint density at radius 1 is 0.606 bits per heavy atom. The minimum atomic E-state index is -0.499. The number of ether oxygens (including phenoxy) is 2. The van der Waals surface area contributed by atoms with Crippen LogP contribution in [0, 0.1) is 0 Å². The number of nitrogens with one attached hydrogen (secondary N) is 2. The first-order valence-corrected chi connectivity index (χ1v) is 12.0. The van der Waals surface area contributed by atoms with Gasteiger partial charge in [-0.15, -0.1) is 0 Å². The van der Waals surface area contributed by atoms with Crippen molar-refractivity contribution in [3.63, 3.8) is 0 Å². The van der Waals surface area contributed by atoms with Gasteiger partial charge >= 0.3 is 0 Å². The fraction of sp³-hybridized carbons (Fsp3) is 0.481. The Morgan fingerprint density at radius 3 is 1.30 bits per heavy atom. The van der Waals surface area contributed by atoms with Crippen molar-refractivity contribution >= 4 is 11.8 Å². The van der Waals surface area contributed by atoms with E-state index in [1.54, 1.807) is 13.8 Å². The molecule has 2 rings (SSSR count). The molecular formula is C27H38N2O4. The maximum Gasteiger partial charge on any atom is 0.260 e. The molecule has 0 bridgehead atoms. The summed E-state index contributed by atoms with van der Waals surface area (Å²) < 4.78 is 11.3. The third-order valence-electron chi connectivity index (χ3n) is 5.30. The van der Waals surface area contributed by atoms with E-state index in [4.69, 9.17) is 9.47 Å². The lowest BCUT2D eigenvalue weighted by Gasteiger charge is -2.14. The summed E-state index contributed by atoms with van der Waals surface area (Å²) in [6.45, 7) is 4.89. The van der Waals surface area contributed by atoms with E-state index < -0.39 is 12.2 Å². The Labute approximate surface area is 198 Å². The van der Waals surface area contributed by atoms with Crippen LogP contribution in [-0.2, 0) is 9.59 Å².